The molecule has 5 heteroatoms. The summed E-state index contributed by atoms with van der Waals surface area (Å²) in [5.74, 6) is 2.88. The molecule has 0 aliphatic heterocycles. The van der Waals surface area contributed by atoms with Crippen LogP contribution in [0.4, 0.5) is 11.4 Å². The lowest BCUT2D eigenvalue weighted by atomic mass is 9.98. The van der Waals surface area contributed by atoms with E-state index in [1.54, 1.807) is 12.1 Å². The van der Waals surface area contributed by atoms with Gasteiger partial charge in [-0.25, -0.2) is 0 Å². The van der Waals surface area contributed by atoms with Crippen molar-refractivity contribution >= 4 is 11.4 Å². The van der Waals surface area contributed by atoms with Gasteiger partial charge >= 0.3 is 5.69 Å². The Morgan fingerprint density at radius 2 is 2.00 bits per heavy atom. The van der Waals surface area contributed by atoms with Crippen molar-refractivity contribution in [1.29, 1.82) is 0 Å². The van der Waals surface area contributed by atoms with Crippen LogP contribution in [-0.4, -0.2) is 18.6 Å². The summed E-state index contributed by atoms with van der Waals surface area (Å²) in [6, 6.07) is 4.98. The summed E-state index contributed by atoms with van der Waals surface area (Å²) >= 11 is 0. The Labute approximate surface area is 118 Å². The molecule has 0 atom stereocenters. The molecule has 0 spiro atoms. The van der Waals surface area contributed by atoms with E-state index in [-0.39, 0.29) is 5.69 Å². The van der Waals surface area contributed by atoms with E-state index in [0.717, 1.165) is 30.0 Å². The Bertz CT molecular complexity index is 498. The lowest BCUT2D eigenvalue weighted by molar-refractivity contribution is -0.385. The van der Waals surface area contributed by atoms with Crippen LogP contribution in [0.3, 0.4) is 0 Å². The first-order valence-corrected chi connectivity index (χ1v) is 7.25. The normalized spacial score (nSPS) is 18.1. The monoisotopic (exact) mass is 276 g/mol. The number of rotatable bonds is 7. The molecule has 3 rings (SSSR count). The first-order valence-electron chi connectivity index (χ1n) is 7.25. The molecular formula is C15H20N2O3. The van der Waals surface area contributed by atoms with Gasteiger partial charge in [0.05, 0.1) is 12.0 Å². The van der Waals surface area contributed by atoms with Crippen molar-refractivity contribution < 1.29 is 9.66 Å². The van der Waals surface area contributed by atoms with E-state index in [1.807, 2.05) is 0 Å². The summed E-state index contributed by atoms with van der Waals surface area (Å²) in [5.41, 5.74) is 0.915. The van der Waals surface area contributed by atoms with Crippen molar-refractivity contribution in [2.24, 2.45) is 17.8 Å². The number of hydrogen-bond donors (Lipinski definition) is 1. The van der Waals surface area contributed by atoms with E-state index in [2.05, 4.69) is 5.32 Å². The van der Waals surface area contributed by atoms with E-state index in [9.17, 15) is 10.1 Å². The minimum absolute atomic E-state index is 0.0129. The van der Waals surface area contributed by atoms with Gasteiger partial charge in [0.15, 0.2) is 5.75 Å². The summed E-state index contributed by atoms with van der Waals surface area (Å²) in [6.07, 6.45) is 5.47. The van der Waals surface area contributed by atoms with Gasteiger partial charge in [-0.2, -0.15) is 0 Å². The number of ether oxygens (including phenoxy) is 1. The first kappa shape index (κ1) is 13.2. The van der Waals surface area contributed by atoms with Gasteiger partial charge in [0, 0.05) is 24.4 Å². The van der Waals surface area contributed by atoms with Crippen LogP contribution in [0.15, 0.2) is 18.2 Å². The van der Waals surface area contributed by atoms with Crippen molar-refractivity contribution in [3.05, 3.63) is 28.3 Å². The van der Waals surface area contributed by atoms with Crippen LogP contribution < -0.4 is 10.1 Å². The van der Waals surface area contributed by atoms with E-state index in [0.29, 0.717) is 5.75 Å². The third kappa shape index (κ3) is 2.86. The second kappa shape index (κ2) is 5.31. The first-order chi connectivity index (χ1) is 9.69. The number of anilines is 1. The predicted octanol–water partition coefficient (Wildman–Crippen LogP) is 3.45. The summed E-state index contributed by atoms with van der Waals surface area (Å²) in [4.78, 5) is 10.4. The second-order valence-electron chi connectivity index (χ2n) is 5.86. The fraction of sp³-hybridized carbons (Fsp3) is 0.600. The Hall–Kier alpha value is -1.78. The van der Waals surface area contributed by atoms with E-state index < -0.39 is 4.92 Å². The molecule has 0 radical (unpaired) electrons. The smallest absolute Gasteiger partial charge is 0.311 e. The molecule has 0 unspecified atom stereocenters. The standard InChI is InChI=1S/C15H20N2O3/c1-20-15-8-12(6-7-14(15)17(18)19)16-9-13(10-2-3-10)11-4-5-11/h6-8,10-11,13,16H,2-5,9H2,1H3. The van der Waals surface area contributed by atoms with Gasteiger partial charge < -0.3 is 10.1 Å². The Morgan fingerprint density at radius 3 is 2.50 bits per heavy atom. The summed E-state index contributed by atoms with van der Waals surface area (Å²) in [6.45, 7) is 0.969. The number of methoxy groups -OCH3 is 1. The zero-order valence-electron chi connectivity index (χ0n) is 11.7. The molecule has 0 amide bonds. The topological polar surface area (TPSA) is 64.4 Å². The zero-order chi connectivity index (χ0) is 14.1. The van der Waals surface area contributed by atoms with Crippen molar-refractivity contribution in [2.45, 2.75) is 25.7 Å². The molecule has 20 heavy (non-hydrogen) atoms. The van der Waals surface area contributed by atoms with Crippen molar-refractivity contribution in [2.75, 3.05) is 19.0 Å². The quantitative estimate of drug-likeness (QED) is 0.612. The zero-order valence-corrected chi connectivity index (χ0v) is 11.7. The molecule has 1 aromatic carbocycles. The van der Waals surface area contributed by atoms with Crippen molar-refractivity contribution in [3.8, 4) is 5.75 Å². The summed E-state index contributed by atoms with van der Waals surface area (Å²) in [7, 11) is 1.46. The van der Waals surface area contributed by atoms with Crippen LogP contribution in [-0.2, 0) is 0 Å². The Morgan fingerprint density at radius 1 is 1.35 bits per heavy atom. The van der Waals surface area contributed by atoms with Crippen LogP contribution in [0.5, 0.6) is 5.75 Å². The number of benzene rings is 1. The minimum Gasteiger partial charge on any atom is -0.490 e. The van der Waals surface area contributed by atoms with Crippen LogP contribution in [0.2, 0.25) is 0 Å². The molecule has 2 aliphatic rings. The number of nitrogens with one attached hydrogen (secondary N) is 1. The van der Waals surface area contributed by atoms with Crippen LogP contribution in [0.25, 0.3) is 0 Å². The Kier molecular flexibility index (Phi) is 3.51. The molecule has 108 valence electrons. The van der Waals surface area contributed by atoms with Gasteiger partial charge in [-0.1, -0.05) is 0 Å². The number of nitro benzene ring substituents is 1. The molecule has 2 aliphatic carbocycles. The maximum Gasteiger partial charge on any atom is 0.311 e. The lowest BCUT2D eigenvalue weighted by Crippen LogP contribution is -2.18. The van der Waals surface area contributed by atoms with E-state index >= 15 is 0 Å². The molecule has 2 fully saturated rings. The fourth-order valence-corrected chi connectivity index (χ4v) is 2.94. The van der Waals surface area contributed by atoms with E-state index in [1.165, 1.54) is 38.9 Å². The van der Waals surface area contributed by atoms with Gasteiger partial charge in [-0.3, -0.25) is 10.1 Å². The lowest BCUT2D eigenvalue weighted by Gasteiger charge is -2.17. The fourth-order valence-electron chi connectivity index (χ4n) is 2.94. The average Bonchev–Trinajstić information content (AvgIpc) is 3.31. The average molecular weight is 276 g/mol. The van der Waals surface area contributed by atoms with Gasteiger partial charge in [0.1, 0.15) is 0 Å². The van der Waals surface area contributed by atoms with Crippen LogP contribution in [0.1, 0.15) is 25.7 Å². The molecule has 1 aromatic rings. The van der Waals surface area contributed by atoms with E-state index in [4.69, 9.17) is 4.74 Å². The molecule has 5 nitrogen and oxygen atoms in total. The third-order valence-electron chi connectivity index (χ3n) is 4.37. The molecule has 0 bridgehead atoms. The highest BCUT2D eigenvalue weighted by molar-refractivity contribution is 5.58. The second-order valence-corrected chi connectivity index (χ2v) is 5.86. The van der Waals surface area contributed by atoms with Crippen molar-refractivity contribution in [3.63, 3.8) is 0 Å². The molecule has 0 heterocycles. The van der Waals surface area contributed by atoms with Gasteiger partial charge in [0.25, 0.3) is 0 Å². The Balaban J connectivity index is 1.66. The number of nitro groups is 1. The van der Waals surface area contributed by atoms with Gasteiger partial charge in [-0.05, 0) is 49.5 Å². The van der Waals surface area contributed by atoms with Crippen molar-refractivity contribution in [1.82, 2.24) is 0 Å². The number of nitrogens with zero attached hydrogens (tertiary/aromatic N) is 1. The summed E-state index contributed by atoms with van der Waals surface area (Å²) < 4.78 is 5.09. The molecule has 0 saturated heterocycles. The van der Waals surface area contributed by atoms with Crippen LogP contribution >= 0.6 is 0 Å². The van der Waals surface area contributed by atoms with Crippen LogP contribution in [0, 0.1) is 27.9 Å². The molecular weight excluding hydrogens is 256 g/mol. The summed E-state index contributed by atoms with van der Waals surface area (Å²) in [5, 5.41) is 14.3. The predicted molar refractivity (Wildman–Crippen MR) is 77.1 cm³/mol. The maximum absolute atomic E-state index is 10.9. The highest BCUT2D eigenvalue weighted by atomic mass is 16.6. The van der Waals surface area contributed by atoms with Gasteiger partial charge in [-0.15, -0.1) is 0 Å². The highest BCUT2D eigenvalue weighted by Crippen LogP contribution is 2.49. The molecule has 1 N–H and O–H groups in total. The maximum atomic E-state index is 10.9. The SMILES string of the molecule is COc1cc(NCC(C2CC2)C2CC2)ccc1[N+](=O)[O-]. The molecule has 0 aromatic heterocycles. The minimum atomic E-state index is -0.417. The largest absolute Gasteiger partial charge is 0.490 e. The van der Waals surface area contributed by atoms with Gasteiger partial charge in [0.2, 0.25) is 0 Å². The third-order valence-corrected chi connectivity index (χ3v) is 4.37. The number of hydrogen-bond acceptors (Lipinski definition) is 4. The highest BCUT2D eigenvalue weighted by Gasteiger charge is 2.40. The molecule has 2 saturated carbocycles.